The zero-order chi connectivity index (χ0) is 7.98. The van der Waals surface area contributed by atoms with Crippen LogP contribution in [0.3, 0.4) is 0 Å². The van der Waals surface area contributed by atoms with Gasteiger partial charge in [-0.2, -0.15) is 0 Å². The van der Waals surface area contributed by atoms with E-state index < -0.39 is 5.97 Å². The van der Waals surface area contributed by atoms with Crippen molar-refractivity contribution in [3.05, 3.63) is 11.8 Å². The maximum atomic E-state index is 10.0. The average Bonchev–Trinajstić information content (AvgIpc) is 1.82. The van der Waals surface area contributed by atoms with E-state index in [-0.39, 0.29) is 0 Å². The highest BCUT2D eigenvalue weighted by atomic mass is 16.4. The van der Waals surface area contributed by atoms with E-state index in [1.807, 2.05) is 6.92 Å². The Kier molecular flexibility index (Phi) is 4.37. The fourth-order valence-corrected chi connectivity index (χ4v) is 0.612. The molecule has 0 rings (SSSR count). The molecule has 58 valence electrons. The largest absolute Gasteiger partial charge is 0.478 e. The minimum Gasteiger partial charge on any atom is -0.478 e. The molecule has 3 heteroatoms. The number of aliphatic carboxylic acids is 1. The molecule has 3 nitrogen and oxygen atoms in total. The van der Waals surface area contributed by atoms with E-state index in [0.717, 1.165) is 18.9 Å². The lowest BCUT2D eigenvalue weighted by atomic mass is 10.2. The van der Waals surface area contributed by atoms with Crippen LogP contribution in [0.5, 0.6) is 0 Å². The Morgan fingerprint density at radius 3 is 2.70 bits per heavy atom. The first-order chi connectivity index (χ1) is 4.66. The van der Waals surface area contributed by atoms with Gasteiger partial charge in [0.05, 0.1) is 0 Å². The van der Waals surface area contributed by atoms with Crippen LogP contribution in [0.4, 0.5) is 0 Å². The maximum Gasteiger partial charge on any atom is 0.330 e. The number of hydrogen-bond acceptors (Lipinski definition) is 2. The Labute approximate surface area is 60.5 Å². The zero-order valence-corrected chi connectivity index (χ0v) is 6.13. The fraction of sp³-hybridized carbons (Fsp3) is 0.571. The first kappa shape index (κ1) is 9.01. The minimum atomic E-state index is -0.964. The maximum absolute atomic E-state index is 10.0. The van der Waals surface area contributed by atoms with Gasteiger partial charge in [0, 0.05) is 11.8 Å². The van der Waals surface area contributed by atoms with Crippen molar-refractivity contribution >= 4 is 5.97 Å². The van der Waals surface area contributed by atoms with E-state index in [1.54, 1.807) is 0 Å². The highest BCUT2D eigenvalue weighted by Gasteiger charge is 1.93. The van der Waals surface area contributed by atoms with E-state index in [1.165, 1.54) is 0 Å². The third-order valence-corrected chi connectivity index (χ3v) is 1.13. The third kappa shape index (κ3) is 5.15. The molecule has 0 aliphatic carbocycles. The number of carbonyl (C=O) groups is 1. The van der Waals surface area contributed by atoms with Gasteiger partial charge in [0.2, 0.25) is 0 Å². The summed E-state index contributed by atoms with van der Waals surface area (Å²) in [7, 11) is 0. The van der Waals surface area contributed by atoms with Gasteiger partial charge in [-0.15, -0.1) is 0 Å². The lowest BCUT2D eigenvalue weighted by Gasteiger charge is -1.95. The molecule has 0 aliphatic rings. The average molecular weight is 143 g/mol. The summed E-state index contributed by atoms with van der Waals surface area (Å²) in [5.41, 5.74) is 5.79. The van der Waals surface area contributed by atoms with Crippen LogP contribution in [0.25, 0.3) is 0 Å². The van der Waals surface area contributed by atoms with Gasteiger partial charge in [0.1, 0.15) is 0 Å². The smallest absolute Gasteiger partial charge is 0.330 e. The van der Waals surface area contributed by atoms with Crippen LogP contribution in [-0.4, -0.2) is 11.1 Å². The summed E-state index contributed by atoms with van der Waals surface area (Å²) in [5, 5.41) is 8.23. The molecule has 0 unspecified atom stereocenters. The Bertz CT molecular complexity index is 141. The number of allylic oxidation sites excluding steroid dienone is 1. The normalized spacial score (nSPS) is 11.5. The molecule has 0 aromatic heterocycles. The molecule has 0 fully saturated rings. The zero-order valence-electron chi connectivity index (χ0n) is 6.13. The highest BCUT2D eigenvalue weighted by Crippen LogP contribution is 1.99. The van der Waals surface area contributed by atoms with Crippen LogP contribution in [0.15, 0.2) is 11.8 Å². The number of carboxylic acid groups (broad SMARTS) is 1. The van der Waals surface area contributed by atoms with Crippen molar-refractivity contribution < 1.29 is 9.90 Å². The van der Waals surface area contributed by atoms with Crippen molar-refractivity contribution in [1.29, 1.82) is 0 Å². The number of rotatable bonds is 4. The van der Waals surface area contributed by atoms with Gasteiger partial charge in [-0.3, -0.25) is 0 Å². The quantitative estimate of drug-likeness (QED) is 0.579. The monoisotopic (exact) mass is 143 g/mol. The molecule has 0 aliphatic heterocycles. The van der Waals surface area contributed by atoms with Gasteiger partial charge < -0.3 is 10.8 Å². The van der Waals surface area contributed by atoms with Crippen LogP contribution in [-0.2, 0) is 4.79 Å². The molecule has 0 saturated carbocycles. The van der Waals surface area contributed by atoms with Crippen molar-refractivity contribution in [2.75, 3.05) is 0 Å². The predicted molar refractivity (Wildman–Crippen MR) is 39.4 cm³/mol. The van der Waals surface area contributed by atoms with Gasteiger partial charge in [-0.05, 0) is 12.8 Å². The topological polar surface area (TPSA) is 63.3 Å². The molecule has 0 atom stereocenters. The van der Waals surface area contributed by atoms with Crippen molar-refractivity contribution in [3.63, 3.8) is 0 Å². The molecule has 0 saturated heterocycles. The number of unbranched alkanes of at least 4 members (excludes halogenated alkanes) is 1. The highest BCUT2D eigenvalue weighted by molar-refractivity contribution is 5.80. The molecule has 10 heavy (non-hydrogen) atoms. The second-order valence-corrected chi connectivity index (χ2v) is 2.16. The molecular formula is C7H13NO2. The summed E-state index contributed by atoms with van der Waals surface area (Å²) < 4.78 is 0. The Hall–Kier alpha value is -0.990. The predicted octanol–water partition coefficient (Wildman–Crippen LogP) is 1.10. The van der Waals surface area contributed by atoms with E-state index in [0.29, 0.717) is 12.1 Å². The van der Waals surface area contributed by atoms with Crippen molar-refractivity contribution in [3.8, 4) is 0 Å². The summed E-state index contributed by atoms with van der Waals surface area (Å²) in [4.78, 5) is 10.0. The molecule has 0 radical (unpaired) electrons. The van der Waals surface area contributed by atoms with E-state index in [2.05, 4.69) is 0 Å². The summed E-state index contributed by atoms with van der Waals surface area (Å²) in [5.74, 6) is -0.964. The standard InChI is InChI=1S/C7H13NO2/c1-2-3-4-6(8)5-7(9)10/h5H,2-4,8H2,1H3,(H,9,10). The van der Waals surface area contributed by atoms with E-state index in [4.69, 9.17) is 10.8 Å². The Morgan fingerprint density at radius 1 is 1.70 bits per heavy atom. The summed E-state index contributed by atoms with van der Waals surface area (Å²) in [6.07, 6.45) is 3.72. The first-order valence-electron chi connectivity index (χ1n) is 3.35. The fourth-order valence-electron chi connectivity index (χ4n) is 0.612. The lowest BCUT2D eigenvalue weighted by molar-refractivity contribution is -0.131. The molecule has 0 amide bonds. The van der Waals surface area contributed by atoms with E-state index >= 15 is 0 Å². The summed E-state index contributed by atoms with van der Waals surface area (Å²) in [6, 6.07) is 0. The first-order valence-corrected chi connectivity index (χ1v) is 3.35. The van der Waals surface area contributed by atoms with Gasteiger partial charge in [0.25, 0.3) is 0 Å². The van der Waals surface area contributed by atoms with Gasteiger partial charge in [0.15, 0.2) is 0 Å². The van der Waals surface area contributed by atoms with Crippen LogP contribution in [0.2, 0.25) is 0 Å². The number of hydrogen-bond donors (Lipinski definition) is 2. The molecule has 0 spiro atoms. The van der Waals surface area contributed by atoms with Gasteiger partial charge >= 0.3 is 5.97 Å². The molecular weight excluding hydrogens is 130 g/mol. The van der Waals surface area contributed by atoms with Crippen LogP contribution in [0, 0.1) is 0 Å². The molecule has 0 heterocycles. The van der Waals surface area contributed by atoms with Gasteiger partial charge in [-0.1, -0.05) is 13.3 Å². The molecule has 0 bridgehead atoms. The summed E-state index contributed by atoms with van der Waals surface area (Å²) >= 11 is 0. The van der Waals surface area contributed by atoms with Crippen molar-refractivity contribution in [2.24, 2.45) is 5.73 Å². The van der Waals surface area contributed by atoms with Gasteiger partial charge in [-0.25, -0.2) is 4.79 Å². The van der Waals surface area contributed by atoms with E-state index in [9.17, 15) is 4.79 Å². The summed E-state index contributed by atoms with van der Waals surface area (Å²) in [6.45, 7) is 2.04. The van der Waals surface area contributed by atoms with Crippen molar-refractivity contribution in [2.45, 2.75) is 26.2 Å². The lowest BCUT2D eigenvalue weighted by Crippen LogP contribution is -2.01. The SMILES string of the molecule is CCCCC(N)=CC(=O)O. The second kappa shape index (κ2) is 4.85. The number of carboxylic acids is 1. The minimum absolute atomic E-state index is 0.453. The molecule has 0 aromatic rings. The third-order valence-electron chi connectivity index (χ3n) is 1.13. The van der Waals surface area contributed by atoms with Crippen LogP contribution in [0.1, 0.15) is 26.2 Å². The second-order valence-electron chi connectivity index (χ2n) is 2.16. The number of nitrogens with two attached hydrogens (primary N) is 1. The van der Waals surface area contributed by atoms with Crippen LogP contribution < -0.4 is 5.73 Å². The molecule has 3 N–H and O–H groups in total. The molecule has 0 aromatic carbocycles. The Morgan fingerprint density at radius 2 is 2.30 bits per heavy atom. The Balaban J connectivity index is 3.60. The van der Waals surface area contributed by atoms with Crippen molar-refractivity contribution in [1.82, 2.24) is 0 Å². The van der Waals surface area contributed by atoms with Crippen LogP contribution >= 0.6 is 0 Å².